The minimum atomic E-state index is -0.239. The van der Waals surface area contributed by atoms with Gasteiger partial charge in [-0.3, -0.25) is 4.79 Å². The van der Waals surface area contributed by atoms with Crippen LogP contribution in [0.1, 0.15) is 16.5 Å². The Morgan fingerprint density at radius 2 is 2.13 bits per heavy atom. The van der Waals surface area contributed by atoms with Crippen molar-refractivity contribution < 1.29 is 4.79 Å². The van der Waals surface area contributed by atoms with Crippen LogP contribution in [0.25, 0.3) is 0 Å². The standard InChI is InChI=1S/C14H20N8O/c1-15-14(23)10-4-5-13(18-17-10)21-8-11(20(2)3)12(9-21)22-7-6-16-19-22/h4-7,11-12H,8-9H2,1-3H3,(H,15,23)/t11-,12+/m1/s1. The summed E-state index contributed by atoms with van der Waals surface area (Å²) in [7, 11) is 5.68. The predicted molar refractivity (Wildman–Crippen MR) is 84.2 cm³/mol. The van der Waals surface area contributed by atoms with Crippen LogP contribution >= 0.6 is 0 Å². The average Bonchev–Trinajstić information content (AvgIpc) is 3.23. The highest BCUT2D eigenvalue weighted by Crippen LogP contribution is 2.27. The number of hydrogen-bond acceptors (Lipinski definition) is 7. The molecule has 122 valence electrons. The van der Waals surface area contributed by atoms with Crippen LogP contribution in [0.3, 0.4) is 0 Å². The van der Waals surface area contributed by atoms with Gasteiger partial charge in [-0.05, 0) is 26.2 Å². The lowest BCUT2D eigenvalue weighted by atomic mass is 10.1. The van der Waals surface area contributed by atoms with Crippen LogP contribution in [-0.4, -0.2) is 76.3 Å². The molecule has 0 aliphatic carbocycles. The summed E-state index contributed by atoms with van der Waals surface area (Å²) in [5, 5.41) is 18.8. The average molecular weight is 316 g/mol. The molecule has 3 heterocycles. The molecule has 0 bridgehead atoms. The third-order valence-corrected chi connectivity index (χ3v) is 4.14. The van der Waals surface area contributed by atoms with Gasteiger partial charge in [0.25, 0.3) is 5.91 Å². The molecule has 0 spiro atoms. The Balaban J connectivity index is 1.80. The summed E-state index contributed by atoms with van der Waals surface area (Å²) >= 11 is 0. The molecule has 2 atom stereocenters. The summed E-state index contributed by atoms with van der Waals surface area (Å²) in [6, 6.07) is 3.99. The molecule has 9 nitrogen and oxygen atoms in total. The highest BCUT2D eigenvalue weighted by Gasteiger charge is 2.36. The maximum atomic E-state index is 11.5. The molecule has 0 radical (unpaired) electrons. The van der Waals surface area contributed by atoms with Crippen LogP contribution in [0.5, 0.6) is 0 Å². The van der Waals surface area contributed by atoms with Gasteiger partial charge in [0.1, 0.15) is 0 Å². The van der Waals surface area contributed by atoms with E-state index in [9.17, 15) is 4.79 Å². The van der Waals surface area contributed by atoms with Crippen molar-refractivity contribution in [3.05, 3.63) is 30.2 Å². The van der Waals surface area contributed by atoms with Crippen LogP contribution in [0.2, 0.25) is 0 Å². The number of aromatic nitrogens is 5. The molecule has 0 saturated carbocycles. The van der Waals surface area contributed by atoms with Gasteiger partial charge in [-0.2, -0.15) is 0 Å². The molecule has 1 aliphatic heterocycles. The molecule has 2 aromatic rings. The second-order valence-electron chi connectivity index (χ2n) is 5.74. The summed E-state index contributed by atoms with van der Waals surface area (Å²) in [6.07, 6.45) is 3.57. The topological polar surface area (TPSA) is 92.1 Å². The Morgan fingerprint density at radius 3 is 2.70 bits per heavy atom. The summed E-state index contributed by atoms with van der Waals surface area (Å²) in [5.74, 6) is 0.518. The molecule has 0 aromatic carbocycles. The van der Waals surface area contributed by atoms with Gasteiger partial charge >= 0.3 is 0 Å². The first kappa shape index (κ1) is 15.3. The minimum absolute atomic E-state index is 0.188. The van der Waals surface area contributed by atoms with Gasteiger partial charge in [0, 0.05) is 26.3 Å². The fourth-order valence-electron chi connectivity index (χ4n) is 2.86. The lowest BCUT2D eigenvalue weighted by Gasteiger charge is -2.24. The molecule has 23 heavy (non-hydrogen) atoms. The van der Waals surface area contributed by atoms with E-state index in [1.165, 1.54) is 0 Å². The lowest BCUT2D eigenvalue weighted by Crippen LogP contribution is -2.36. The number of carbonyl (C=O) groups excluding carboxylic acids is 1. The summed E-state index contributed by atoms with van der Waals surface area (Å²) in [4.78, 5) is 15.9. The molecular weight excluding hydrogens is 296 g/mol. The Kier molecular flexibility index (Phi) is 4.20. The number of anilines is 1. The summed E-state index contributed by atoms with van der Waals surface area (Å²) in [5.41, 5.74) is 0.312. The molecule has 1 fully saturated rings. The molecule has 1 saturated heterocycles. The number of likely N-dealkylation sites (N-methyl/N-ethyl adjacent to an activating group) is 1. The zero-order chi connectivity index (χ0) is 16.4. The molecule has 1 amide bonds. The van der Waals surface area contributed by atoms with Crippen molar-refractivity contribution in [3.63, 3.8) is 0 Å². The largest absolute Gasteiger partial charge is 0.354 e. The number of carbonyl (C=O) groups is 1. The Bertz CT molecular complexity index is 654. The zero-order valence-corrected chi connectivity index (χ0v) is 13.4. The highest BCUT2D eigenvalue weighted by atomic mass is 16.1. The summed E-state index contributed by atoms with van der Waals surface area (Å²) < 4.78 is 1.89. The maximum absolute atomic E-state index is 11.5. The van der Waals surface area contributed by atoms with E-state index in [1.54, 1.807) is 19.3 Å². The Hall–Kier alpha value is -2.55. The van der Waals surface area contributed by atoms with Crippen LogP contribution in [0.15, 0.2) is 24.5 Å². The van der Waals surface area contributed by atoms with E-state index in [-0.39, 0.29) is 18.0 Å². The highest BCUT2D eigenvalue weighted by molar-refractivity contribution is 5.91. The molecule has 2 aromatic heterocycles. The van der Waals surface area contributed by atoms with Crippen molar-refractivity contribution in [1.82, 2.24) is 35.4 Å². The van der Waals surface area contributed by atoms with Crippen molar-refractivity contribution in [2.45, 2.75) is 12.1 Å². The van der Waals surface area contributed by atoms with E-state index in [2.05, 4.69) is 49.7 Å². The van der Waals surface area contributed by atoms with Crippen molar-refractivity contribution in [1.29, 1.82) is 0 Å². The number of nitrogens with one attached hydrogen (secondary N) is 1. The number of rotatable bonds is 4. The second-order valence-corrected chi connectivity index (χ2v) is 5.74. The van der Waals surface area contributed by atoms with E-state index in [0.29, 0.717) is 5.69 Å². The first-order chi connectivity index (χ1) is 11.1. The molecule has 3 rings (SSSR count). The van der Waals surface area contributed by atoms with Crippen LogP contribution < -0.4 is 10.2 Å². The van der Waals surface area contributed by atoms with Crippen LogP contribution in [0, 0.1) is 0 Å². The quantitative estimate of drug-likeness (QED) is 0.806. The van der Waals surface area contributed by atoms with Crippen molar-refractivity contribution in [2.24, 2.45) is 0 Å². The predicted octanol–water partition coefficient (Wildman–Crippen LogP) is -0.581. The number of amides is 1. The fraction of sp³-hybridized carbons (Fsp3) is 0.500. The zero-order valence-electron chi connectivity index (χ0n) is 13.4. The SMILES string of the molecule is CNC(=O)c1ccc(N2C[C@@H](N(C)C)[C@@H](n3ccnn3)C2)nn1. The molecule has 1 aliphatic rings. The van der Waals surface area contributed by atoms with E-state index in [0.717, 1.165) is 18.9 Å². The van der Waals surface area contributed by atoms with Crippen LogP contribution in [0.4, 0.5) is 5.82 Å². The molecular formula is C14H20N8O. The van der Waals surface area contributed by atoms with Gasteiger partial charge in [-0.15, -0.1) is 15.3 Å². The smallest absolute Gasteiger partial charge is 0.271 e. The number of nitrogens with zero attached hydrogens (tertiary/aromatic N) is 7. The lowest BCUT2D eigenvalue weighted by molar-refractivity contribution is 0.0957. The Morgan fingerprint density at radius 1 is 1.30 bits per heavy atom. The van der Waals surface area contributed by atoms with Crippen molar-refractivity contribution >= 4 is 11.7 Å². The van der Waals surface area contributed by atoms with E-state index in [1.807, 2.05) is 16.9 Å². The summed E-state index contributed by atoms with van der Waals surface area (Å²) in [6.45, 7) is 1.58. The Labute approximate surface area is 134 Å². The van der Waals surface area contributed by atoms with Gasteiger partial charge in [-0.1, -0.05) is 5.21 Å². The van der Waals surface area contributed by atoms with E-state index < -0.39 is 0 Å². The van der Waals surface area contributed by atoms with Gasteiger partial charge in [0.15, 0.2) is 11.5 Å². The normalized spacial score (nSPS) is 21.0. The van der Waals surface area contributed by atoms with Crippen molar-refractivity contribution in [2.75, 3.05) is 39.1 Å². The first-order valence-electron chi connectivity index (χ1n) is 7.43. The molecule has 0 unspecified atom stereocenters. The number of hydrogen-bond donors (Lipinski definition) is 1. The second kappa shape index (κ2) is 6.29. The van der Waals surface area contributed by atoms with Crippen LogP contribution in [-0.2, 0) is 0 Å². The third kappa shape index (κ3) is 3.00. The third-order valence-electron chi connectivity index (χ3n) is 4.14. The van der Waals surface area contributed by atoms with Gasteiger partial charge in [-0.25, -0.2) is 4.68 Å². The van der Waals surface area contributed by atoms with E-state index in [4.69, 9.17) is 0 Å². The van der Waals surface area contributed by atoms with Gasteiger partial charge in [0.05, 0.1) is 18.3 Å². The molecule has 1 N–H and O–H groups in total. The molecule has 9 heteroatoms. The minimum Gasteiger partial charge on any atom is -0.354 e. The van der Waals surface area contributed by atoms with Gasteiger partial charge < -0.3 is 15.1 Å². The first-order valence-corrected chi connectivity index (χ1v) is 7.43. The van der Waals surface area contributed by atoms with E-state index >= 15 is 0 Å². The van der Waals surface area contributed by atoms with Crippen molar-refractivity contribution in [3.8, 4) is 0 Å². The fourth-order valence-corrected chi connectivity index (χ4v) is 2.86. The monoisotopic (exact) mass is 316 g/mol. The van der Waals surface area contributed by atoms with Gasteiger partial charge in [0.2, 0.25) is 0 Å². The maximum Gasteiger partial charge on any atom is 0.271 e.